The number of hydrogen-bond donors (Lipinski definition) is 2. The van der Waals surface area contributed by atoms with Crippen LogP contribution in [0, 0.1) is 0 Å². The van der Waals surface area contributed by atoms with Gasteiger partial charge in [-0.25, -0.2) is 0 Å². The molecule has 0 aliphatic heterocycles. The van der Waals surface area contributed by atoms with Crippen LogP contribution in [0.5, 0.6) is 11.5 Å². The molecule has 0 amide bonds. The Kier molecular flexibility index (Phi) is 2.27. The predicted molar refractivity (Wildman–Crippen MR) is 61.4 cm³/mol. The molecule has 0 aliphatic rings. The first-order chi connectivity index (χ1) is 7.08. The predicted octanol–water partition coefficient (Wildman–Crippen LogP) is 3.37. The van der Waals surface area contributed by atoms with Gasteiger partial charge in [0.25, 0.3) is 0 Å². The number of fused-ring (bicyclic) bond motifs is 1. The van der Waals surface area contributed by atoms with E-state index in [1.807, 2.05) is 6.07 Å². The molecule has 0 radical (unpaired) electrons. The monoisotopic (exact) mass is 202 g/mol. The van der Waals surface area contributed by atoms with Gasteiger partial charge in [0.2, 0.25) is 0 Å². The van der Waals surface area contributed by atoms with Gasteiger partial charge in [-0.3, -0.25) is 0 Å². The van der Waals surface area contributed by atoms with E-state index in [1.54, 1.807) is 24.3 Å². The first-order valence-corrected chi connectivity index (χ1v) is 5.03. The number of hydrogen-bond acceptors (Lipinski definition) is 2. The van der Waals surface area contributed by atoms with Crippen LogP contribution < -0.4 is 0 Å². The molecule has 0 saturated heterocycles. The van der Waals surface area contributed by atoms with E-state index in [1.165, 1.54) is 0 Å². The fourth-order valence-corrected chi connectivity index (χ4v) is 1.69. The zero-order valence-corrected chi connectivity index (χ0v) is 8.86. The smallest absolute Gasteiger partial charge is 0.123 e. The van der Waals surface area contributed by atoms with Crippen LogP contribution in [0.25, 0.3) is 10.8 Å². The van der Waals surface area contributed by atoms with E-state index < -0.39 is 0 Å². The Morgan fingerprint density at radius 3 is 2.40 bits per heavy atom. The first kappa shape index (κ1) is 9.84. The topological polar surface area (TPSA) is 40.5 Å². The maximum atomic E-state index is 9.81. The summed E-state index contributed by atoms with van der Waals surface area (Å²) >= 11 is 0. The van der Waals surface area contributed by atoms with Crippen molar-refractivity contribution in [2.24, 2.45) is 0 Å². The summed E-state index contributed by atoms with van der Waals surface area (Å²) in [7, 11) is 0. The SMILES string of the molecule is CC(C)c1cc(O)c2ccc(O)cc2c1. The van der Waals surface area contributed by atoms with Crippen molar-refractivity contribution in [2.45, 2.75) is 19.8 Å². The second kappa shape index (κ2) is 3.46. The van der Waals surface area contributed by atoms with Gasteiger partial charge in [-0.1, -0.05) is 19.9 Å². The van der Waals surface area contributed by atoms with Crippen molar-refractivity contribution in [3.8, 4) is 11.5 Å². The van der Waals surface area contributed by atoms with Gasteiger partial charge < -0.3 is 10.2 Å². The zero-order valence-electron chi connectivity index (χ0n) is 8.86. The first-order valence-electron chi connectivity index (χ1n) is 5.03. The summed E-state index contributed by atoms with van der Waals surface area (Å²) in [6, 6.07) is 8.76. The van der Waals surface area contributed by atoms with Crippen LogP contribution in [0.15, 0.2) is 30.3 Å². The van der Waals surface area contributed by atoms with Crippen molar-refractivity contribution in [1.82, 2.24) is 0 Å². The van der Waals surface area contributed by atoms with Gasteiger partial charge in [0, 0.05) is 5.39 Å². The number of rotatable bonds is 1. The van der Waals surface area contributed by atoms with Crippen molar-refractivity contribution in [2.75, 3.05) is 0 Å². The minimum atomic E-state index is 0.225. The lowest BCUT2D eigenvalue weighted by molar-refractivity contribution is 0.475. The third-order valence-electron chi connectivity index (χ3n) is 2.60. The van der Waals surface area contributed by atoms with E-state index in [4.69, 9.17) is 0 Å². The lowest BCUT2D eigenvalue weighted by Gasteiger charge is -2.09. The lowest BCUT2D eigenvalue weighted by Crippen LogP contribution is -1.87. The number of benzene rings is 2. The summed E-state index contributed by atoms with van der Waals surface area (Å²) in [6.45, 7) is 4.15. The maximum absolute atomic E-state index is 9.81. The summed E-state index contributed by atoms with van der Waals surface area (Å²) in [5, 5.41) is 20.8. The third-order valence-corrected chi connectivity index (χ3v) is 2.60. The summed E-state index contributed by atoms with van der Waals surface area (Å²) < 4.78 is 0. The molecule has 2 rings (SSSR count). The molecular weight excluding hydrogens is 188 g/mol. The second-order valence-electron chi connectivity index (χ2n) is 4.10. The highest BCUT2D eigenvalue weighted by molar-refractivity contribution is 5.89. The molecular formula is C13H14O2. The fourth-order valence-electron chi connectivity index (χ4n) is 1.69. The highest BCUT2D eigenvalue weighted by Crippen LogP contribution is 2.31. The van der Waals surface area contributed by atoms with E-state index in [0.29, 0.717) is 5.92 Å². The van der Waals surface area contributed by atoms with Gasteiger partial charge in [0.15, 0.2) is 0 Å². The van der Waals surface area contributed by atoms with Gasteiger partial charge in [-0.2, -0.15) is 0 Å². The Morgan fingerprint density at radius 1 is 1.00 bits per heavy atom. The van der Waals surface area contributed by atoms with Crippen LogP contribution in [-0.4, -0.2) is 10.2 Å². The molecule has 0 aromatic heterocycles. The van der Waals surface area contributed by atoms with Crippen molar-refractivity contribution in [3.63, 3.8) is 0 Å². The highest BCUT2D eigenvalue weighted by atomic mass is 16.3. The largest absolute Gasteiger partial charge is 0.508 e. The normalized spacial score (nSPS) is 11.1. The number of phenols is 2. The standard InChI is InChI=1S/C13H14O2/c1-8(2)9-5-10-6-11(14)3-4-12(10)13(15)7-9/h3-8,14-15H,1-2H3. The molecule has 0 bridgehead atoms. The fraction of sp³-hybridized carbons (Fsp3) is 0.231. The minimum absolute atomic E-state index is 0.225. The van der Waals surface area contributed by atoms with Crippen LogP contribution in [0.3, 0.4) is 0 Å². The molecule has 0 atom stereocenters. The van der Waals surface area contributed by atoms with E-state index in [9.17, 15) is 10.2 Å². The lowest BCUT2D eigenvalue weighted by atomic mass is 9.98. The Labute approximate surface area is 88.8 Å². The summed E-state index contributed by atoms with van der Waals surface area (Å²) in [6.07, 6.45) is 0. The van der Waals surface area contributed by atoms with Crippen molar-refractivity contribution < 1.29 is 10.2 Å². The van der Waals surface area contributed by atoms with E-state index in [0.717, 1.165) is 16.3 Å². The van der Waals surface area contributed by atoms with Crippen LogP contribution in [0.2, 0.25) is 0 Å². The molecule has 2 aromatic rings. The molecule has 0 fully saturated rings. The summed E-state index contributed by atoms with van der Waals surface area (Å²) in [5.41, 5.74) is 1.07. The Morgan fingerprint density at radius 2 is 1.73 bits per heavy atom. The quantitative estimate of drug-likeness (QED) is 0.744. The van der Waals surface area contributed by atoms with Gasteiger partial charge in [0.1, 0.15) is 11.5 Å². The molecule has 0 aliphatic carbocycles. The average molecular weight is 202 g/mol. The van der Waals surface area contributed by atoms with Crippen molar-refractivity contribution >= 4 is 10.8 Å². The molecule has 0 heterocycles. The van der Waals surface area contributed by atoms with E-state index in [-0.39, 0.29) is 11.5 Å². The Hall–Kier alpha value is -1.70. The Bertz CT molecular complexity index is 501. The van der Waals surface area contributed by atoms with Crippen LogP contribution >= 0.6 is 0 Å². The number of aromatic hydroxyl groups is 2. The molecule has 0 unspecified atom stereocenters. The molecule has 0 spiro atoms. The van der Waals surface area contributed by atoms with Crippen LogP contribution in [0.1, 0.15) is 25.3 Å². The average Bonchev–Trinajstić information content (AvgIpc) is 2.16. The molecule has 15 heavy (non-hydrogen) atoms. The molecule has 0 saturated carbocycles. The van der Waals surface area contributed by atoms with Crippen molar-refractivity contribution in [3.05, 3.63) is 35.9 Å². The second-order valence-corrected chi connectivity index (χ2v) is 4.10. The third kappa shape index (κ3) is 1.75. The highest BCUT2D eigenvalue weighted by Gasteiger charge is 2.06. The summed E-state index contributed by atoms with van der Waals surface area (Å²) in [4.78, 5) is 0. The molecule has 2 N–H and O–H groups in total. The van der Waals surface area contributed by atoms with Crippen LogP contribution in [-0.2, 0) is 0 Å². The minimum Gasteiger partial charge on any atom is -0.508 e. The van der Waals surface area contributed by atoms with E-state index >= 15 is 0 Å². The van der Waals surface area contributed by atoms with Gasteiger partial charge in [-0.05, 0) is 41.1 Å². The summed E-state index contributed by atoms with van der Waals surface area (Å²) in [5.74, 6) is 0.863. The van der Waals surface area contributed by atoms with Crippen molar-refractivity contribution in [1.29, 1.82) is 0 Å². The molecule has 2 nitrogen and oxygen atoms in total. The van der Waals surface area contributed by atoms with Gasteiger partial charge in [-0.15, -0.1) is 0 Å². The Balaban J connectivity index is 2.74. The van der Waals surface area contributed by atoms with Gasteiger partial charge >= 0.3 is 0 Å². The molecule has 2 heteroatoms. The maximum Gasteiger partial charge on any atom is 0.123 e. The van der Waals surface area contributed by atoms with Gasteiger partial charge in [0.05, 0.1) is 0 Å². The zero-order chi connectivity index (χ0) is 11.0. The molecule has 78 valence electrons. The van der Waals surface area contributed by atoms with Crippen LogP contribution in [0.4, 0.5) is 0 Å². The van der Waals surface area contributed by atoms with E-state index in [2.05, 4.69) is 13.8 Å². The number of phenolic OH excluding ortho intramolecular Hbond substituents is 2. The molecule has 2 aromatic carbocycles.